The minimum atomic E-state index is -1.17. The Balaban J connectivity index is 1.58. The highest BCUT2D eigenvalue weighted by Crippen LogP contribution is 2.29. The summed E-state index contributed by atoms with van der Waals surface area (Å²) in [6, 6.07) is 20.0. The van der Waals surface area contributed by atoms with Gasteiger partial charge < -0.3 is 14.4 Å². The Kier molecular flexibility index (Phi) is 7.68. The van der Waals surface area contributed by atoms with Gasteiger partial charge in [0.2, 0.25) is 0 Å². The van der Waals surface area contributed by atoms with Crippen molar-refractivity contribution in [1.82, 2.24) is 14.9 Å². The second-order valence-corrected chi connectivity index (χ2v) is 8.43. The van der Waals surface area contributed by atoms with Crippen LogP contribution >= 0.6 is 0 Å². The summed E-state index contributed by atoms with van der Waals surface area (Å²) in [6.45, 7) is 6.00. The van der Waals surface area contributed by atoms with Crippen LogP contribution < -0.4 is 4.90 Å². The van der Waals surface area contributed by atoms with Crippen molar-refractivity contribution in [1.29, 1.82) is 5.26 Å². The molecule has 0 amide bonds. The van der Waals surface area contributed by atoms with Crippen LogP contribution in [-0.4, -0.2) is 66.8 Å². The standard InChI is InChI=1S/C26H29N5O3/c1-19(18-33-2)34-26(32)21(16-27)24-25(29-23-11-7-6-10-22(23)28-24)31-14-12-30(13-15-31)17-20-8-4-3-5-9-20/h3-11,19,21H,12-15,17-18H2,1-2H3/t19-,21-/m1/s1. The molecule has 1 aliphatic rings. The molecule has 2 atom stereocenters. The first kappa shape index (κ1) is 23.6. The van der Waals surface area contributed by atoms with Crippen molar-refractivity contribution in [3.8, 4) is 6.07 Å². The maximum atomic E-state index is 12.9. The van der Waals surface area contributed by atoms with E-state index in [0.29, 0.717) is 17.0 Å². The first-order valence-corrected chi connectivity index (χ1v) is 11.5. The molecular weight excluding hydrogens is 430 g/mol. The Morgan fingerprint density at radius 2 is 1.68 bits per heavy atom. The fraction of sp³-hybridized carbons (Fsp3) is 0.385. The molecule has 176 valence electrons. The lowest BCUT2D eigenvalue weighted by Crippen LogP contribution is -2.46. The number of carbonyl (C=O) groups excluding carboxylic acids is 1. The normalized spacial score (nSPS) is 16.1. The third-order valence-corrected chi connectivity index (χ3v) is 5.86. The summed E-state index contributed by atoms with van der Waals surface area (Å²) in [7, 11) is 1.54. The van der Waals surface area contributed by atoms with E-state index in [0.717, 1.165) is 38.2 Å². The van der Waals surface area contributed by atoms with Gasteiger partial charge in [0, 0.05) is 39.8 Å². The SMILES string of the molecule is COC[C@@H](C)OC(=O)[C@H](C#N)c1nc2ccccc2nc1N1CCN(Cc2ccccc2)CC1. The fourth-order valence-corrected chi connectivity index (χ4v) is 4.15. The molecule has 0 saturated carbocycles. The van der Waals surface area contributed by atoms with Gasteiger partial charge in [-0.3, -0.25) is 9.69 Å². The molecule has 1 aromatic heterocycles. The molecule has 4 rings (SSSR count). The van der Waals surface area contributed by atoms with Crippen LogP contribution in [-0.2, 0) is 20.8 Å². The monoisotopic (exact) mass is 459 g/mol. The topological polar surface area (TPSA) is 91.6 Å². The largest absolute Gasteiger partial charge is 0.459 e. The molecule has 0 spiro atoms. The maximum Gasteiger partial charge on any atom is 0.330 e. The van der Waals surface area contributed by atoms with E-state index in [9.17, 15) is 10.1 Å². The molecule has 0 aliphatic carbocycles. The summed E-state index contributed by atoms with van der Waals surface area (Å²) in [5.41, 5.74) is 2.99. The fourth-order valence-electron chi connectivity index (χ4n) is 4.15. The van der Waals surface area contributed by atoms with Crippen molar-refractivity contribution in [3.05, 3.63) is 65.9 Å². The van der Waals surface area contributed by atoms with Crippen molar-refractivity contribution in [2.24, 2.45) is 0 Å². The summed E-state index contributed by atoms with van der Waals surface area (Å²) >= 11 is 0. The minimum Gasteiger partial charge on any atom is -0.459 e. The van der Waals surface area contributed by atoms with Crippen molar-refractivity contribution < 1.29 is 14.3 Å². The predicted octanol–water partition coefficient (Wildman–Crippen LogP) is 3.14. The number of fused-ring (bicyclic) bond motifs is 1. The number of anilines is 1. The lowest BCUT2D eigenvalue weighted by molar-refractivity contribution is -0.150. The van der Waals surface area contributed by atoms with Gasteiger partial charge in [0.15, 0.2) is 11.7 Å². The van der Waals surface area contributed by atoms with Gasteiger partial charge in [-0.15, -0.1) is 0 Å². The van der Waals surface area contributed by atoms with Crippen molar-refractivity contribution in [2.75, 3.05) is 44.8 Å². The van der Waals surface area contributed by atoms with Gasteiger partial charge in [0.05, 0.1) is 23.7 Å². The second-order valence-electron chi connectivity index (χ2n) is 8.43. The van der Waals surface area contributed by atoms with Gasteiger partial charge in [-0.25, -0.2) is 9.97 Å². The van der Waals surface area contributed by atoms with E-state index in [1.807, 2.05) is 30.3 Å². The quantitative estimate of drug-likeness (QED) is 0.475. The summed E-state index contributed by atoms with van der Waals surface area (Å²) in [5.74, 6) is -1.24. The molecule has 0 unspecified atom stereocenters. The van der Waals surface area contributed by atoms with Gasteiger partial charge in [0.25, 0.3) is 0 Å². The Morgan fingerprint density at radius 3 is 2.32 bits per heavy atom. The highest BCUT2D eigenvalue weighted by atomic mass is 16.6. The van der Waals surface area contributed by atoms with E-state index in [2.05, 4.69) is 40.1 Å². The lowest BCUT2D eigenvalue weighted by atomic mass is 10.1. The summed E-state index contributed by atoms with van der Waals surface area (Å²) < 4.78 is 10.5. The highest BCUT2D eigenvalue weighted by molar-refractivity contribution is 5.85. The number of rotatable bonds is 8. The Labute approximate surface area is 199 Å². The van der Waals surface area contributed by atoms with Crippen molar-refractivity contribution in [3.63, 3.8) is 0 Å². The predicted molar refractivity (Wildman–Crippen MR) is 129 cm³/mol. The summed E-state index contributed by atoms with van der Waals surface area (Å²) in [4.78, 5) is 26.9. The zero-order valence-corrected chi connectivity index (χ0v) is 19.6. The number of carbonyl (C=O) groups is 1. The van der Waals surface area contributed by atoms with E-state index >= 15 is 0 Å². The van der Waals surface area contributed by atoms with E-state index < -0.39 is 18.0 Å². The Morgan fingerprint density at radius 1 is 1.03 bits per heavy atom. The first-order chi connectivity index (χ1) is 16.6. The maximum absolute atomic E-state index is 12.9. The molecule has 2 heterocycles. The zero-order chi connectivity index (χ0) is 23.9. The number of para-hydroxylation sites is 2. The van der Waals surface area contributed by atoms with Gasteiger partial charge in [-0.2, -0.15) is 5.26 Å². The van der Waals surface area contributed by atoms with Crippen LogP contribution in [0.25, 0.3) is 11.0 Å². The number of aromatic nitrogens is 2. The molecule has 8 nitrogen and oxygen atoms in total. The second kappa shape index (κ2) is 11.1. The van der Waals surface area contributed by atoms with Crippen LogP contribution in [0.5, 0.6) is 0 Å². The number of hydrogen-bond donors (Lipinski definition) is 0. The number of benzene rings is 2. The van der Waals surface area contributed by atoms with Crippen molar-refractivity contribution in [2.45, 2.75) is 25.5 Å². The van der Waals surface area contributed by atoms with E-state index in [1.165, 1.54) is 12.7 Å². The Bertz CT molecular complexity index is 1160. The smallest absolute Gasteiger partial charge is 0.330 e. The first-order valence-electron chi connectivity index (χ1n) is 11.5. The molecule has 2 aromatic carbocycles. The molecule has 3 aromatic rings. The van der Waals surface area contributed by atoms with Crippen LogP contribution in [0.4, 0.5) is 5.82 Å². The third-order valence-electron chi connectivity index (χ3n) is 5.86. The average Bonchev–Trinajstić information content (AvgIpc) is 2.85. The van der Waals surface area contributed by atoms with Crippen LogP contribution in [0.2, 0.25) is 0 Å². The van der Waals surface area contributed by atoms with Crippen molar-refractivity contribution >= 4 is 22.8 Å². The number of ether oxygens (including phenoxy) is 2. The van der Waals surface area contributed by atoms with Gasteiger partial charge >= 0.3 is 5.97 Å². The third kappa shape index (κ3) is 5.50. The van der Waals surface area contributed by atoms with Crippen LogP contribution in [0.1, 0.15) is 24.1 Å². The molecule has 0 radical (unpaired) electrons. The minimum absolute atomic E-state index is 0.253. The van der Waals surface area contributed by atoms with Gasteiger partial charge in [-0.1, -0.05) is 42.5 Å². The lowest BCUT2D eigenvalue weighted by Gasteiger charge is -2.36. The van der Waals surface area contributed by atoms with Crippen LogP contribution in [0.15, 0.2) is 54.6 Å². The number of methoxy groups -OCH3 is 1. The van der Waals surface area contributed by atoms with E-state index in [-0.39, 0.29) is 6.61 Å². The number of nitrogens with zero attached hydrogens (tertiary/aromatic N) is 5. The molecule has 0 N–H and O–H groups in total. The van der Waals surface area contributed by atoms with Gasteiger partial charge in [0.1, 0.15) is 11.8 Å². The molecule has 1 aliphatic heterocycles. The number of hydrogen-bond acceptors (Lipinski definition) is 8. The van der Waals surface area contributed by atoms with E-state index in [1.54, 1.807) is 6.92 Å². The molecule has 0 bridgehead atoms. The van der Waals surface area contributed by atoms with Crippen LogP contribution in [0.3, 0.4) is 0 Å². The molecule has 1 saturated heterocycles. The number of esters is 1. The summed E-state index contributed by atoms with van der Waals surface area (Å²) in [5, 5.41) is 9.92. The Hall–Kier alpha value is -3.54. The summed E-state index contributed by atoms with van der Waals surface area (Å²) in [6.07, 6.45) is -0.466. The highest BCUT2D eigenvalue weighted by Gasteiger charge is 2.32. The molecular formula is C26H29N5O3. The average molecular weight is 460 g/mol. The molecule has 1 fully saturated rings. The van der Waals surface area contributed by atoms with Gasteiger partial charge in [-0.05, 0) is 24.6 Å². The molecule has 8 heteroatoms. The molecule has 34 heavy (non-hydrogen) atoms. The number of nitriles is 1. The number of piperazine rings is 1. The van der Waals surface area contributed by atoms with E-state index in [4.69, 9.17) is 19.4 Å². The van der Waals surface area contributed by atoms with Crippen LogP contribution in [0, 0.1) is 11.3 Å². The zero-order valence-electron chi connectivity index (χ0n) is 19.6.